The average molecular weight is 397 g/mol. The van der Waals surface area contributed by atoms with Crippen LogP contribution in [-0.4, -0.2) is 9.97 Å². The second-order valence-corrected chi connectivity index (χ2v) is 6.96. The zero-order valence-corrected chi connectivity index (χ0v) is 16.1. The Morgan fingerprint density at radius 3 is 2.44 bits per heavy atom. The number of aromatic nitrogens is 2. The van der Waals surface area contributed by atoms with Crippen LogP contribution < -0.4 is 10.6 Å². The van der Waals surface area contributed by atoms with Gasteiger partial charge in [-0.2, -0.15) is 4.98 Å². The van der Waals surface area contributed by atoms with Crippen molar-refractivity contribution >= 4 is 33.4 Å². The number of hydrogen-bond acceptors (Lipinski definition) is 4. The van der Waals surface area contributed by atoms with Crippen LogP contribution in [0, 0.1) is 13.8 Å². The molecule has 3 rings (SSSR count). The second kappa shape index (κ2) is 7.66. The van der Waals surface area contributed by atoms with Crippen LogP contribution in [0.4, 0.5) is 17.5 Å². The molecule has 1 unspecified atom stereocenters. The molecule has 0 saturated heterocycles. The Bertz CT molecular complexity index is 865. The normalized spacial score (nSPS) is 11.8. The van der Waals surface area contributed by atoms with E-state index in [1.165, 1.54) is 11.1 Å². The predicted molar refractivity (Wildman–Crippen MR) is 107 cm³/mol. The molecule has 0 amide bonds. The van der Waals surface area contributed by atoms with Gasteiger partial charge in [-0.15, -0.1) is 0 Å². The summed E-state index contributed by atoms with van der Waals surface area (Å²) in [4.78, 5) is 9.11. The van der Waals surface area contributed by atoms with Crippen molar-refractivity contribution in [3.05, 3.63) is 75.9 Å². The molecule has 25 heavy (non-hydrogen) atoms. The first-order valence-electron chi connectivity index (χ1n) is 8.21. The monoisotopic (exact) mass is 396 g/mol. The Kier molecular flexibility index (Phi) is 5.34. The van der Waals surface area contributed by atoms with Gasteiger partial charge in [0.05, 0.1) is 11.7 Å². The zero-order chi connectivity index (χ0) is 17.8. The number of aryl methyl sites for hydroxylation is 2. The van der Waals surface area contributed by atoms with Crippen molar-refractivity contribution in [1.82, 2.24) is 9.97 Å². The smallest absolute Gasteiger partial charge is 0.225 e. The molecule has 2 N–H and O–H groups in total. The minimum Gasteiger partial charge on any atom is -0.348 e. The van der Waals surface area contributed by atoms with Gasteiger partial charge in [-0.05, 0) is 60.0 Å². The Labute approximate surface area is 156 Å². The molecular formula is C20H21BrN4. The second-order valence-electron chi connectivity index (χ2n) is 6.10. The maximum Gasteiger partial charge on any atom is 0.225 e. The van der Waals surface area contributed by atoms with Crippen LogP contribution in [-0.2, 0) is 0 Å². The number of anilines is 3. The van der Waals surface area contributed by atoms with Crippen molar-refractivity contribution in [3.63, 3.8) is 0 Å². The molecule has 3 aromatic rings. The van der Waals surface area contributed by atoms with E-state index in [-0.39, 0.29) is 6.04 Å². The predicted octanol–water partition coefficient (Wildman–Crippen LogP) is 5.77. The molecular weight excluding hydrogens is 376 g/mol. The van der Waals surface area contributed by atoms with Crippen LogP contribution in [0.2, 0.25) is 0 Å². The molecule has 4 nitrogen and oxygen atoms in total. The number of nitrogens with one attached hydrogen (secondary N) is 2. The topological polar surface area (TPSA) is 49.8 Å². The molecule has 0 aliphatic rings. The summed E-state index contributed by atoms with van der Waals surface area (Å²) >= 11 is 3.59. The van der Waals surface area contributed by atoms with Crippen LogP contribution in [0.15, 0.2) is 59.1 Å². The molecule has 128 valence electrons. The molecule has 0 spiro atoms. The van der Waals surface area contributed by atoms with Gasteiger partial charge in [0, 0.05) is 16.2 Å². The minimum absolute atomic E-state index is 0.127. The molecule has 2 aromatic carbocycles. The molecule has 0 radical (unpaired) electrons. The largest absolute Gasteiger partial charge is 0.348 e. The van der Waals surface area contributed by atoms with E-state index in [0.29, 0.717) is 5.95 Å². The first kappa shape index (κ1) is 17.4. The van der Waals surface area contributed by atoms with Crippen LogP contribution in [0.1, 0.15) is 29.8 Å². The van der Waals surface area contributed by atoms with E-state index >= 15 is 0 Å². The lowest BCUT2D eigenvalue weighted by Crippen LogP contribution is -2.10. The van der Waals surface area contributed by atoms with Gasteiger partial charge in [0.1, 0.15) is 5.82 Å². The number of nitrogens with zero attached hydrogens (tertiary/aromatic N) is 2. The third-order valence-electron chi connectivity index (χ3n) is 3.89. The standard InChI is InChI=1S/C20H21BrN4/c1-13-9-10-18(17(21)11-13)24-19-12-14(2)22-20(25-19)23-15(3)16-7-5-4-6-8-16/h4-12,15H,1-3H3,(H2,22,23,24,25). The van der Waals surface area contributed by atoms with Gasteiger partial charge in [0.2, 0.25) is 5.95 Å². The lowest BCUT2D eigenvalue weighted by Gasteiger charge is -2.16. The van der Waals surface area contributed by atoms with Crippen LogP contribution in [0.25, 0.3) is 0 Å². The van der Waals surface area contributed by atoms with E-state index in [2.05, 4.69) is 74.6 Å². The van der Waals surface area contributed by atoms with E-state index in [9.17, 15) is 0 Å². The van der Waals surface area contributed by atoms with Gasteiger partial charge in [-0.25, -0.2) is 4.98 Å². The summed E-state index contributed by atoms with van der Waals surface area (Å²) in [6, 6.07) is 18.5. The summed E-state index contributed by atoms with van der Waals surface area (Å²) < 4.78 is 1.01. The summed E-state index contributed by atoms with van der Waals surface area (Å²) in [6.45, 7) is 6.14. The fourth-order valence-electron chi connectivity index (χ4n) is 2.58. The average Bonchev–Trinajstić information content (AvgIpc) is 2.58. The van der Waals surface area contributed by atoms with E-state index in [1.54, 1.807) is 0 Å². The van der Waals surface area contributed by atoms with E-state index in [4.69, 9.17) is 0 Å². The van der Waals surface area contributed by atoms with Gasteiger partial charge in [-0.3, -0.25) is 0 Å². The third-order valence-corrected chi connectivity index (χ3v) is 4.54. The quantitative estimate of drug-likeness (QED) is 0.574. The Morgan fingerprint density at radius 2 is 1.72 bits per heavy atom. The fourth-order valence-corrected chi connectivity index (χ4v) is 3.17. The van der Waals surface area contributed by atoms with Gasteiger partial charge < -0.3 is 10.6 Å². The molecule has 1 aromatic heterocycles. The fraction of sp³-hybridized carbons (Fsp3) is 0.200. The van der Waals surface area contributed by atoms with Gasteiger partial charge in [0.25, 0.3) is 0 Å². The summed E-state index contributed by atoms with van der Waals surface area (Å²) in [5, 5.41) is 6.73. The molecule has 5 heteroatoms. The molecule has 0 fully saturated rings. The highest BCUT2D eigenvalue weighted by Gasteiger charge is 2.09. The van der Waals surface area contributed by atoms with E-state index in [1.807, 2.05) is 37.3 Å². The summed E-state index contributed by atoms with van der Waals surface area (Å²) in [6.07, 6.45) is 0. The van der Waals surface area contributed by atoms with Crippen molar-refractivity contribution < 1.29 is 0 Å². The third kappa shape index (κ3) is 4.57. The highest BCUT2D eigenvalue weighted by atomic mass is 79.9. The Balaban J connectivity index is 1.80. The number of hydrogen-bond donors (Lipinski definition) is 2. The number of rotatable bonds is 5. The highest BCUT2D eigenvalue weighted by Crippen LogP contribution is 2.27. The van der Waals surface area contributed by atoms with Crippen molar-refractivity contribution in [2.75, 3.05) is 10.6 Å². The Morgan fingerprint density at radius 1 is 0.960 bits per heavy atom. The maximum absolute atomic E-state index is 4.60. The van der Waals surface area contributed by atoms with E-state index < -0.39 is 0 Å². The molecule has 1 atom stereocenters. The molecule has 0 bridgehead atoms. The van der Waals surface area contributed by atoms with Crippen LogP contribution in [0.5, 0.6) is 0 Å². The van der Waals surface area contributed by atoms with Gasteiger partial charge in [-0.1, -0.05) is 36.4 Å². The summed E-state index contributed by atoms with van der Waals surface area (Å²) in [5.74, 6) is 1.38. The maximum atomic E-state index is 4.60. The lowest BCUT2D eigenvalue weighted by molar-refractivity contribution is 0.858. The first-order valence-corrected chi connectivity index (χ1v) is 9.01. The van der Waals surface area contributed by atoms with Crippen LogP contribution in [0.3, 0.4) is 0 Å². The Hall–Kier alpha value is -2.40. The summed E-state index contributed by atoms with van der Waals surface area (Å²) in [7, 11) is 0. The van der Waals surface area contributed by atoms with Gasteiger partial charge in [0.15, 0.2) is 0 Å². The van der Waals surface area contributed by atoms with Crippen molar-refractivity contribution in [3.8, 4) is 0 Å². The van der Waals surface area contributed by atoms with Crippen LogP contribution >= 0.6 is 15.9 Å². The summed E-state index contributed by atoms with van der Waals surface area (Å²) in [5.41, 5.74) is 4.29. The number of benzene rings is 2. The SMILES string of the molecule is Cc1ccc(Nc2cc(C)nc(NC(C)c3ccccc3)n2)c(Br)c1. The molecule has 0 saturated carbocycles. The first-order chi connectivity index (χ1) is 12.0. The highest BCUT2D eigenvalue weighted by molar-refractivity contribution is 9.10. The lowest BCUT2D eigenvalue weighted by atomic mass is 10.1. The number of halogens is 1. The zero-order valence-electron chi connectivity index (χ0n) is 14.5. The minimum atomic E-state index is 0.127. The molecule has 1 heterocycles. The van der Waals surface area contributed by atoms with Crippen molar-refractivity contribution in [1.29, 1.82) is 0 Å². The van der Waals surface area contributed by atoms with Gasteiger partial charge >= 0.3 is 0 Å². The van der Waals surface area contributed by atoms with Crippen molar-refractivity contribution in [2.45, 2.75) is 26.8 Å². The van der Waals surface area contributed by atoms with Crippen molar-refractivity contribution in [2.24, 2.45) is 0 Å². The molecule has 0 aliphatic heterocycles. The molecule has 0 aliphatic carbocycles. The van der Waals surface area contributed by atoms with E-state index in [0.717, 1.165) is 21.7 Å².